The van der Waals surface area contributed by atoms with Gasteiger partial charge in [0.05, 0.1) is 18.6 Å². The topological polar surface area (TPSA) is 59.0 Å². The summed E-state index contributed by atoms with van der Waals surface area (Å²) in [5.41, 5.74) is 4.10. The van der Waals surface area contributed by atoms with Crippen molar-refractivity contribution < 1.29 is 19.4 Å². The molecule has 2 aliphatic heterocycles. The summed E-state index contributed by atoms with van der Waals surface area (Å²) in [5.74, 6) is 1.66. The number of benzene rings is 2. The number of rotatable bonds is 5. The van der Waals surface area contributed by atoms with Crippen LogP contribution in [0.2, 0.25) is 0 Å². The van der Waals surface area contributed by atoms with Crippen molar-refractivity contribution in [2.45, 2.75) is 50.9 Å². The Morgan fingerprint density at radius 3 is 2.81 bits per heavy atom. The molecule has 1 N–H and O–H groups in total. The first-order valence-electron chi connectivity index (χ1n) is 11.5. The van der Waals surface area contributed by atoms with Crippen LogP contribution in [0.15, 0.2) is 48.6 Å². The number of carbonyl (C=O) groups is 1. The van der Waals surface area contributed by atoms with Crippen LogP contribution in [0.3, 0.4) is 0 Å². The van der Waals surface area contributed by atoms with E-state index in [1.165, 1.54) is 11.1 Å². The average Bonchev–Trinajstić information content (AvgIpc) is 3.03. The Morgan fingerprint density at radius 2 is 2.06 bits per heavy atom. The summed E-state index contributed by atoms with van der Waals surface area (Å²) in [6.45, 7) is 6.40. The second kappa shape index (κ2) is 8.05. The molecule has 0 radical (unpaired) electrons. The number of aryl methyl sites for hydroxylation is 1. The van der Waals surface area contributed by atoms with Gasteiger partial charge in [-0.3, -0.25) is 9.69 Å². The van der Waals surface area contributed by atoms with Gasteiger partial charge in [0, 0.05) is 36.6 Å². The lowest BCUT2D eigenvalue weighted by atomic mass is 9.69. The second-order valence-electron chi connectivity index (χ2n) is 9.56. The van der Waals surface area contributed by atoms with Crippen molar-refractivity contribution in [1.29, 1.82) is 0 Å². The van der Waals surface area contributed by atoms with E-state index in [2.05, 4.69) is 17.0 Å². The van der Waals surface area contributed by atoms with Crippen LogP contribution >= 0.6 is 0 Å². The molecule has 0 bridgehead atoms. The number of hydrogen-bond acceptors (Lipinski definition) is 5. The Morgan fingerprint density at radius 1 is 1.28 bits per heavy atom. The van der Waals surface area contributed by atoms with E-state index in [1.807, 2.05) is 50.3 Å². The number of carbonyl (C=O) groups excluding carboxylic acids is 1. The zero-order valence-corrected chi connectivity index (χ0v) is 19.0. The molecule has 0 fully saturated rings. The first kappa shape index (κ1) is 21.2. The number of ether oxygens (including phenoxy) is 2. The van der Waals surface area contributed by atoms with E-state index in [-0.39, 0.29) is 23.2 Å². The molecule has 5 nitrogen and oxygen atoms in total. The number of ketones is 1. The molecule has 1 aliphatic carbocycles. The molecule has 1 spiro atoms. The highest BCUT2D eigenvalue weighted by molar-refractivity contribution is 5.97. The standard InChI is InChI=1S/C27H31NO4/c1-17-4-6-19(7-5-17)25(30)18(2)15-28-13-12-27-11-10-21(29)14-23(27)32-26-22(31-3)9-8-20(16-28)24(26)27/h4-11,18,21,23,29H,12-16H2,1-3H3/t18?,21-,23-,27+/m0/s1. The number of hydrogen-bond donors (Lipinski definition) is 1. The lowest BCUT2D eigenvalue weighted by Gasteiger charge is -2.36. The molecule has 168 valence electrons. The Hall–Kier alpha value is -2.63. The highest BCUT2D eigenvalue weighted by Gasteiger charge is 2.52. The van der Waals surface area contributed by atoms with E-state index in [0.717, 1.165) is 42.1 Å². The fraction of sp³-hybridized carbons (Fsp3) is 0.444. The molecule has 3 aliphatic rings. The predicted molar refractivity (Wildman–Crippen MR) is 123 cm³/mol. The van der Waals surface area contributed by atoms with Gasteiger partial charge in [0.1, 0.15) is 6.10 Å². The van der Waals surface area contributed by atoms with Crippen LogP contribution in [0.1, 0.15) is 46.8 Å². The van der Waals surface area contributed by atoms with E-state index in [9.17, 15) is 9.90 Å². The molecule has 0 saturated heterocycles. The van der Waals surface area contributed by atoms with Crippen LogP contribution in [0.5, 0.6) is 11.5 Å². The lowest BCUT2D eigenvalue weighted by Crippen LogP contribution is -2.43. The largest absolute Gasteiger partial charge is 0.493 e. The summed E-state index contributed by atoms with van der Waals surface area (Å²) in [6, 6.07) is 12.0. The summed E-state index contributed by atoms with van der Waals surface area (Å²) in [4.78, 5) is 15.4. The maximum absolute atomic E-state index is 13.0. The molecule has 2 aromatic carbocycles. The predicted octanol–water partition coefficient (Wildman–Crippen LogP) is 4.05. The van der Waals surface area contributed by atoms with E-state index in [0.29, 0.717) is 13.0 Å². The Labute approximate surface area is 189 Å². The Bertz CT molecular complexity index is 1060. The van der Waals surface area contributed by atoms with E-state index < -0.39 is 6.10 Å². The van der Waals surface area contributed by atoms with E-state index in [1.54, 1.807) is 7.11 Å². The number of nitrogens with zero attached hydrogens (tertiary/aromatic N) is 1. The fourth-order valence-corrected chi connectivity index (χ4v) is 5.62. The highest BCUT2D eigenvalue weighted by Crippen LogP contribution is 2.55. The van der Waals surface area contributed by atoms with Gasteiger partial charge in [0.25, 0.3) is 0 Å². The fourth-order valence-electron chi connectivity index (χ4n) is 5.62. The van der Waals surface area contributed by atoms with Gasteiger partial charge in [-0.25, -0.2) is 0 Å². The minimum absolute atomic E-state index is 0.0911. The SMILES string of the molecule is COc1ccc2c3c1O[C@H]1C[C@@H](O)C=C[C@]31CCN(CC(C)C(=O)c1ccc(C)cc1)C2. The van der Waals surface area contributed by atoms with Crippen LogP contribution in [0.25, 0.3) is 0 Å². The van der Waals surface area contributed by atoms with Crippen LogP contribution in [0.4, 0.5) is 0 Å². The van der Waals surface area contributed by atoms with Crippen molar-refractivity contribution in [3.05, 3.63) is 70.8 Å². The van der Waals surface area contributed by atoms with Crippen LogP contribution in [-0.4, -0.2) is 48.2 Å². The summed E-state index contributed by atoms with van der Waals surface area (Å²) >= 11 is 0. The average molecular weight is 434 g/mol. The normalized spacial score (nSPS) is 27.1. The molecule has 0 saturated carbocycles. The van der Waals surface area contributed by atoms with Gasteiger partial charge >= 0.3 is 0 Å². The molecule has 5 rings (SSSR count). The maximum atomic E-state index is 13.0. The van der Waals surface area contributed by atoms with Crippen molar-refractivity contribution in [2.75, 3.05) is 20.2 Å². The Balaban J connectivity index is 1.43. The third-order valence-corrected chi connectivity index (χ3v) is 7.35. The van der Waals surface area contributed by atoms with Crippen LogP contribution in [-0.2, 0) is 12.0 Å². The number of methoxy groups -OCH3 is 1. The quantitative estimate of drug-likeness (QED) is 0.570. The number of aliphatic hydroxyl groups excluding tert-OH is 1. The first-order valence-corrected chi connectivity index (χ1v) is 11.5. The van der Waals surface area contributed by atoms with Crippen molar-refractivity contribution >= 4 is 5.78 Å². The lowest BCUT2D eigenvalue weighted by molar-refractivity contribution is 0.0778. The van der Waals surface area contributed by atoms with Crippen LogP contribution < -0.4 is 9.47 Å². The molecule has 1 unspecified atom stereocenters. The molecular formula is C27H31NO4. The van der Waals surface area contributed by atoms with Crippen molar-refractivity contribution in [3.63, 3.8) is 0 Å². The number of Topliss-reactive ketones (excluding diaryl/α,β-unsaturated/α-hetero) is 1. The van der Waals surface area contributed by atoms with Gasteiger partial charge in [-0.2, -0.15) is 0 Å². The van der Waals surface area contributed by atoms with E-state index in [4.69, 9.17) is 9.47 Å². The summed E-state index contributed by atoms with van der Waals surface area (Å²) in [5, 5.41) is 10.2. The molecule has 0 amide bonds. The van der Waals surface area contributed by atoms with Crippen LogP contribution in [0, 0.1) is 12.8 Å². The minimum Gasteiger partial charge on any atom is -0.493 e. The van der Waals surface area contributed by atoms with Crippen molar-refractivity contribution in [2.24, 2.45) is 5.92 Å². The zero-order valence-electron chi connectivity index (χ0n) is 19.0. The van der Waals surface area contributed by atoms with Crippen molar-refractivity contribution in [1.82, 2.24) is 4.90 Å². The molecule has 4 atom stereocenters. The molecular weight excluding hydrogens is 402 g/mol. The molecule has 2 aromatic rings. The summed E-state index contributed by atoms with van der Waals surface area (Å²) < 4.78 is 12.0. The second-order valence-corrected chi connectivity index (χ2v) is 9.56. The maximum Gasteiger partial charge on any atom is 0.166 e. The third-order valence-electron chi connectivity index (χ3n) is 7.35. The highest BCUT2D eigenvalue weighted by atomic mass is 16.5. The molecule has 32 heavy (non-hydrogen) atoms. The van der Waals surface area contributed by atoms with Gasteiger partial charge in [-0.15, -0.1) is 0 Å². The zero-order chi connectivity index (χ0) is 22.5. The van der Waals surface area contributed by atoms with Gasteiger partial charge in [0.2, 0.25) is 0 Å². The summed E-state index contributed by atoms with van der Waals surface area (Å²) in [6.07, 6.45) is 4.96. The minimum atomic E-state index is -0.485. The van der Waals surface area contributed by atoms with Gasteiger partial charge in [-0.1, -0.05) is 55.0 Å². The van der Waals surface area contributed by atoms with Gasteiger partial charge < -0.3 is 14.6 Å². The van der Waals surface area contributed by atoms with E-state index >= 15 is 0 Å². The Kier molecular flexibility index (Phi) is 5.34. The van der Waals surface area contributed by atoms with Gasteiger partial charge in [0.15, 0.2) is 17.3 Å². The molecule has 0 aromatic heterocycles. The van der Waals surface area contributed by atoms with Crippen molar-refractivity contribution in [3.8, 4) is 11.5 Å². The van der Waals surface area contributed by atoms with Gasteiger partial charge in [-0.05, 0) is 31.5 Å². The molecule has 2 heterocycles. The molecule has 5 heteroatoms. The monoisotopic (exact) mass is 433 g/mol. The first-order chi connectivity index (χ1) is 15.4. The summed E-state index contributed by atoms with van der Waals surface area (Å²) in [7, 11) is 1.67. The third kappa shape index (κ3) is 3.44. The number of aliphatic hydroxyl groups is 1. The smallest absolute Gasteiger partial charge is 0.166 e.